The number of hydrogen-bond acceptors (Lipinski definition) is 4. The molecule has 4 rings (SSSR count). The molecule has 2 aliphatic rings. The van der Waals surface area contributed by atoms with Gasteiger partial charge in [0.15, 0.2) is 0 Å². The number of halogens is 4. The molecule has 2 aliphatic heterocycles. The van der Waals surface area contributed by atoms with E-state index in [1.165, 1.54) is 6.07 Å². The van der Waals surface area contributed by atoms with Crippen molar-refractivity contribution in [2.75, 3.05) is 13.1 Å². The summed E-state index contributed by atoms with van der Waals surface area (Å²) in [4.78, 5) is 23.9. The largest absolute Gasteiger partial charge is 0.419 e. The molecule has 1 aromatic heterocycles. The van der Waals surface area contributed by atoms with Gasteiger partial charge in [0.25, 0.3) is 0 Å². The first kappa shape index (κ1) is 24.4. The van der Waals surface area contributed by atoms with E-state index in [9.17, 15) is 22.4 Å². The molecule has 0 saturated carbocycles. The summed E-state index contributed by atoms with van der Waals surface area (Å²) in [6.07, 6.45) is 0.00527. The van der Waals surface area contributed by atoms with Crippen LogP contribution in [0.2, 0.25) is 0 Å². The first-order valence-electron chi connectivity index (χ1n) is 11.6. The average Bonchev–Trinajstić information content (AvgIpc) is 3.30. The van der Waals surface area contributed by atoms with Gasteiger partial charge < -0.3 is 15.5 Å². The maximum absolute atomic E-state index is 14.3. The summed E-state index contributed by atoms with van der Waals surface area (Å²) in [5.41, 5.74) is 0.806. The maximum atomic E-state index is 14.3. The van der Waals surface area contributed by atoms with E-state index in [1.807, 2.05) is 6.20 Å². The molecule has 34 heavy (non-hydrogen) atoms. The maximum Gasteiger partial charge on any atom is 0.419 e. The predicted molar refractivity (Wildman–Crippen MR) is 118 cm³/mol. The van der Waals surface area contributed by atoms with Crippen molar-refractivity contribution in [1.82, 2.24) is 25.5 Å². The van der Waals surface area contributed by atoms with Crippen molar-refractivity contribution in [1.29, 1.82) is 0 Å². The third-order valence-corrected chi connectivity index (χ3v) is 6.31. The summed E-state index contributed by atoms with van der Waals surface area (Å²) in [5, 5.41) is 6.21. The Hall–Kier alpha value is -2.75. The van der Waals surface area contributed by atoms with Crippen LogP contribution in [0.5, 0.6) is 0 Å². The van der Waals surface area contributed by atoms with Gasteiger partial charge in [-0.25, -0.2) is 19.2 Å². The van der Waals surface area contributed by atoms with Crippen molar-refractivity contribution in [3.63, 3.8) is 0 Å². The Balaban J connectivity index is 1.52. The van der Waals surface area contributed by atoms with Crippen LogP contribution in [-0.4, -0.2) is 40.0 Å². The molecule has 0 bridgehead atoms. The molecule has 1 unspecified atom stereocenters. The minimum Gasteiger partial charge on any atom is -0.330 e. The number of fused-ring (bicyclic) bond motifs is 1. The molecule has 184 valence electrons. The van der Waals surface area contributed by atoms with E-state index in [0.29, 0.717) is 31.0 Å². The van der Waals surface area contributed by atoms with Crippen molar-refractivity contribution >= 4 is 6.03 Å². The van der Waals surface area contributed by atoms with Crippen LogP contribution < -0.4 is 10.6 Å². The van der Waals surface area contributed by atoms with Crippen LogP contribution in [0.4, 0.5) is 22.4 Å². The number of amides is 2. The summed E-state index contributed by atoms with van der Waals surface area (Å²) in [5.74, 6) is -0.197. The fourth-order valence-corrected chi connectivity index (χ4v) is 4.57. The van der Waals surface area contributed by atoms with Gasteiger partial charge >= 0.3 is 12.2 Å². The third kappa shape index (κ3) is 5.48. The molecule has 2 amide bonds. The van der Waals surface area contributed by atoms with Crippen LogP contribution in [-0.2, 0) is 25.6 Å². The monoisotopic (exact) mass is 479 g/mol. The second-order valence-corrected chi connectivity index (χ2v) is 9.39. The number of aromatic nitrogens is 2. The highest BCUT2D eigenvalue weighted by Gasteiger charge is 2.36. The quantitative estimate of drug-likeness (QED) is 0.624. The summed E-state index contributed by atoms with van der Waals surface area (Å²) in [6, 6.07) is 1.66. The number of urea groups is 1. The van der Waals surface area contributed by atoms with Crippen LogP contribution in [0.25, 0.3) is 0 Å². The summed E-state index contributed by atoms with van der Waals surface area (Å²) < 4.78 is 53.3. The van der Waals surface area contributed by atoms with Gasteiger partial charge in [0.2, 0.25) is 0 Å². The normalized spacial score (nSPS) is 19.3. The van der Waals surface area contributed by atoms with E-state index in [1.54, 1.807) is 4.90 Å². The molecule has 3 heterocycles. The van der Waals surface area contributed by atoms with Crippen molar-refractivity contribution in [2.45, 2.75) is 64.3 Å². The number of alkyl halides is 3. The molecule has 2 atom stereocenters. The summed E-state index contributed by atoms with van der Waals surface area (Å²) in [7, 11) is 0. The first-order chi connectivity index (χ1) is 16.1. The second-order valence-electron chi connectivity index (χ2n) is 9.39. The molecule has 0 radical (unpaired) electrons. The number of hydrogen-bond donors (Lipinski definition) is 2. The van der Waals surface area contributed by atoms with Gasteiger partial charge in [-0.3, -0.25) is 0 Å². The molecule has 2 N–H and O–H groups in total. The van der Waals surface area contributed by atoms with E-state index in [-0.39, 0.29) is 12.1 Å². The Kier molecular flexibility index (Phi) is 7.06. The Labute approximate surface area is 196 Å². The SMILES string of the molecule is CC(C)Cc1ncc2c(n1)CN(C(=O)NC(c1ccc(C(F)(F)F)c(F)c1)[C@H]1CCCN1)CC2. The number of carbonyl (C=O) groups is 1. The predicted octanol–water partition coefficient (Wildman–Crippen LogP) is 4.39. The van der Waals surface area contributed by atoms with Crippen LogP contribution in [0, 0.1) is 11.7 Å². The second kappa shape index (κ2) is 9.85. The van der Waals surface area contributed by atoms with Crippen LogP contribution in [0.3, 0.4) is 0 Å². The van der Waals surface area contributed by atoms with Gasteiger partial charge in [0.05, 0.1) is 23.8 Å². The van der Waals surface area contributed by atoms with Gasteiger partial charge in [0, 0.05) is 25.2 Å². The lowest BCUT2D eigenvalue weighted by Crippen LogP contribution is -2.48. The fourth-order valence-electron chi connectivity index (χ4n) is 4.57. The molecule has 0 aliphatic carbocycles. The smallest absolute Gasteiger partial charge is 0.330 e. The number of benzene rings is 1. The van der Waals surface area contributed by atoms with Gasteiger partial charge in [-0.05, 0) is 55.0 Å². The Bertz CT molecular complexity index is 1040. The molecule has 1 fully saturated rings. The highest BCUT2D eigenvalue weighted by atomic mass is 19.4. The zero-order valence-electron chi connectivity index (χ0n) is 19.3. The van der Waals surface area contributed by atoms with Gasteiger partial charge in [-0.1, -0.05) is 19.9 Å². The van der Waals surface area contributed by atoms with Crippen LogP contribution >= 0.6 is 0 Å². The molecule has 10 heteroatoms. The molecule has 1 saturated heterocycles. The van der Waals surface area contributed by atoms with E-state index in [2.05, 4.69) is 34.4 Å². The molecular formula is C24H29F4N5O. The van der Waals surface area contributed by atoms with E-state index < -0.39 is 23.6 Å². The number of carbonyl (C=O) groups excluding carboxylic acids is 1. The lowest BCUT2D eigenvalue weighted by molar-refractivity contribution is -0.140. The average molecular weight is 480 g/mol. The molecule has 6 nitrogen and oxygen atoms in total. The highest BCUT2D eigenvalue weighted by molar-refractivity contribution is 5.75. The van der Waals surface area contributed by atoms with E-state index in [0.717, 1.165) is 55.0 Å². The van der Waals surface area contributed by atoms with Crippen LogP contribution in [0.15, 0.2) is 24.4 Å². The summed E-state index contributed by atoms with van der Waals surface area (Å²) in [6.45, 7) is 5.69. The highest BCUT2D eigenvalue weighted by Crippen LogP contribution is 2.33. The molecule has 0 spiro atoms. The van der Waals surface area contributed by atoms with Crippen molar-refractivity contribution < 1.29 is 22.4 Å². The van der Waals surface area contributed by atoms with Crippen LogP contribution in [0.1, 0.15) is 60.9 Å². The Morgan fingerprint density at radius 2 is 2.12 bits per heavy atom. The van der Waals surface area contributed by atoms with Gasteiger partial charge in [0.1, 0.15) is 11.6 Å². The zero-order chi connectivity index (χ0) is 24.5. The molecular weight excluding hydrogens is 450 g/mol. The molecule has 1 aromatic carbocycles. The van der Waals surface area contributed by atoms with Crippen molar-refractivity contribution in [2.24, 2.45) is 5.92 Å². The van der Waals surface area contributed by atoms with E-state index >= 15 is 0 Å². The Morgan fingerprint density at radius 1 is 1.32 bits per heavy atom. The minimum absolute atomic E-state index is 0.197. The first-order valence-corrected chi connectivity index (χ1v) is 11.6. The standard InChI is InChI=1S/C24H29F4N5O/c1-14(2)10-21-30-12-16-7-9-33(13-20(16)31-21)23(34)32-22(19-4-3-8-29-19)15-5-6-17(18(25)11-15)24(26,27)28/h5-6,11-12,14,19,22,29H,3-4,7-10,13H2,1-2H3,(H,32,34)/t19-,22?/m1/s1. The van der Waals surface area contributed by atoms with Crippen molar-refractivity contribution in [3.05, 3.63) is 58.4 Å². The number of nitrogens with one attached hydrogen (secondary N) is 2. The van der Waals surface area contributed by atoms with Gasteiger partial charge in [-0.15, -0.1) is 0 Å². The lowest BCUT2D eigenvalue weighted by Gasteiger charge is -2.32. The third-order valence-electron chi connectivity index (χ3n) is 6.31. The number of nitrogens with zero attached hydrogens (tertiary/aromatic N) is 3. The van der Waals surface area contributed by atoms with Gasteiger partial charge in [-0.2, -0.15) is 13.2 Å². The Morgan fingerprint density at radius 3 is 2.76 bits per heavy atom. The minimum atomic E-state index is -4.77. The summed E-state index contributed by atoms with van der Waals surface area (Å²) >= 11 is 0. The van der Waals surface area contributed by atoms with Crippen molar-refractivity contribution in [3.8, 4) is 0 Å². The molecule has 2 aromatic rings. The zero-order valence-corrected chi connectivity index (χ0v) is 19.3. The lowest BCUT2D eigenvalue weighted by atomic mass is 9.96. The fraction of sp³-hybridized carbons (Fsp3) is 0.542. The topological polar surface area (TPSA) is 70.2 Å². The van der Waals surface area contributed by atoms with E-state index in [4.69, 9.17) is 0 Å². The number of rotatable bonds is 5.